The Kier molecular flexibility index (Phi) is 4.49. The average Bonchev–Trinajstić information content (AvgIpc) is 2.76. The molecular formula is C15H19ClO4. The Bertz CT molecular complexity index is 481. The highest BCUT2D eigenvalue weighted by molar-refractivity contribution is 6.30. The van der Waals surface area contributed by atoms with Crippen LogP contribution in [0.4, 0.5) is 0 Å². The van der Waals surface area contributed by atoms with Gasteiger partial charge in [0.05, 0.1) is 30.7 Å². The number of aliphatic hydroxyl groups is 3. The predicted octanol–water partition coefficient (Wildman–Crippen LogP) is 1.20. The predicted molar refractivity (Wildman–Crippen MR) is 75.5 cm³/mol. The van der Waals surface area contributed by atoms with Gasteiger partial charge in [-0.15, -0.1) is 0 Å². The van der Waals surface area contributed by atoms with Gasteiger partial charge in [0.15, 0.2) is 5.78 Å². The molecule has 0 aliphatic heterocycles. The first kappa shape index (κ1) is 15.4. The number of carbonyl (C=O) groups excluding carboxylic acids is 1. The fourth-order valence-corrected chi connectivity index (χ4v) is 3.11. The molecule has 1 aromatic rings. The van der Waals surface area contributed by atoms with Crippen molar-refractivity contribution in [1.29, 1.82) is 0 Å². The minimum atomic E-state index is -1.12. The molecule has 0 bridgehead atoms. The van der Waals surface area contributed by atoms with Gasteiger partial charge < -0.3 is 15.3 Å². The molecule has 0 amide bonds. The molecule has 1 saturated carbocycles. The summed E-state index contributed by atoms with van der Waals surface area (Å²) in [6, 6.07) is 7.13. The quantitative estimate of drug-likeness (QED) is 0.763. The summed E-state index contributed by atoms with van der Waals surface area (Å²) in [6.45, 7) is -1.05. The Balaban J connectivity index is 2.27. The number of rotatable bonds is 5. The SMILES string of the molecule is O=C1C(CO)(CO)CCC1(CO)Cc1ccc(Cl)cc1. The molecule has 1 aliphatic carbocycles. The molecule has 5 heteroatoms. The number of benzene rings is 1. The van der Waals surface area contributed by atoms with E-state index in [4.69, 9.17) is 11.6 Å². The number of halogens is 1. The second kappa shape index (κ2) is 5.82. The van der Waals surface area contributed by atoms with Crippen LogP contribution in [0, 0.1) is 10.8 Å². The normalized spacial score (nSPS) is 25.1. The molecule has 1 aliphatic rings. The molecule has 4 nitrogen and oxygen atoms in total. The van der Waals surface area contributed by atoms with Crippen molar-refractivity contribution in [3.8, 4) is 0 Å². The molecule has 0 aromatic heterocycles. The number of ketones is 1. The third kappa shape index (κ3) is 2.49. The molecule has 0 saturated heterocycles. The summed E-state index contributed by atoms with van der Waals surface area (Å²) in [4.78, 5) is 12.6. The first-order valence-corrected chi connectivity index (χ1v) is 7.02. The Morgan fingerprint density at radius 1 is 0.950 bits per heavy atom. The second-order valence-corrected chi connectivity index (χ2v) is 6.10. The molecule has 1 atom stereocenters. The summed E-state index contributed by atoms with van der Waals surface area (Å²) in [5, 5.41) is 29.2. The minimum Gasteiger partial charge on any atom is -0.395 e. The zero-order chi connectivity index (χ0) is 14.8. The standard InChI is InChI=1S/C15H19ClO4/c16-12-3-1-11(2-4-12)7-14(8-17)5-6-15(9-18,10-19)13(14)20/h1-4,17-19H,5-10H2. The topological polar surface area (TPSA) is 77.8 Å². The highest BCUT2D eigenvalue weighted by Gasteiger charge is 2.55. The van der Waals surface area contributed by atoms with Crippen molar-refractivity contribution in [2.45, 2.75) is 19.3 Å². The lowest BCUT2D eigenvalue weighted by Gasteiger charge is -2.29. The van der Waals surface area contributed by atoms with Gasteiger partial charge in [-0.1, -0.05) is 23.7 Å². The lowest BCUT2D eigenvalue weighted by atomic mass is 9.75. The van der Waals surface area contributed by atoms with E-state index in [0.29, 0.717) is 24.3 Å². The fourth-order valence-electron chi connectivity index (χ4n) is 2.99. The van der Waals surface area contributed by atoms with Crippen LogP contribution >= 0.6 is 11.6 Å². The lowest BCUT2D eigenvalue weighted by Crippen LogP contribution is -2.43. The summed E-state index contributed by atoms with van der Waals surface area (Å²) < 4.78 is 0. The second-order valence-electron chi connectivity index (χ2n) is 5.67. The lowest BCUT2D eigenvalue weighted by molar-refractivity contribution is -0.139. The number of hydrogen-bond donors (Lipinski definition) is 3. The number of hydrogen-bond acceptors (Lipinski definition) is 4. The largest absolute Gasteiger partial charge is 0.395 e. The molecule has 2 rings (SSSR count). The molecule has 20 heavy (non-hydrogen) atoms. The van der Waals surface area contributed by atoms with Crippen LogP contribution in [0.15, 0.2) is 24.3 Å². The van der Waals surface area contributed by atoms with Gasteiger partial charge in [0.1, 0.15) is 0 Å². The molecule has 3 N–H and O–H groups in total. The summed E-state index contributed by atoms with van der Waals surface area (Å²) >= 11 is 5.83. The van der Waals surface area contributed by atoms with Gasteiger partial charge in [-0.25, -0.2) is 0 Å². The van der Waals surface area contributed by atoms with E-state index in [9.17, 15) is 20.1 Å². The van der Waals surface area contributed by atoms with E-state index in [2.05, 4.69) is 0 Å². The maximum Gasteiger partial charge on any atom is 0.152 e. The van der Waals surface area contributed by atoms with Gasteiger partial charge in [0, 0.05) is 5.02 Å². The van der Waals surface area contributed by atoms with Gasteiger partial charge in [-0.3, -0.25) is 4.79 Å². The maximum atomic E-state index is 12.6. The summed E-state index contributed by atoms with van der Waals surface area (Å²) in [6.07, 6.45) is 1.25. The Labute approximate surface area is 123 Å². The van der Waals surface area contributed by atoms with Crippen molar-refractivity contribution in [2.24, 2.45) is 10.8 Å². The van der Waals surface area contributed by atoms with Crippen LogP contribution < -0.4 is 0 Å². The fraction of sp³-hybridized carbons (Fsp3) is 0.533. The van der Waals surface area contributed by atoms with Crippen LogP contribution in [-0.4, -0.2) is 40.9 Å². The molecule has 0 radical (unpaired) electrons. The van der Waals surface area contributed by atoms with Crippen molar-refractivity contribution in [3.63, 3.8) is 0 Å². The molecule has 1 aromatic carbocycles. The molecular weight excluding hydrogens is 280 g/mol. The minimum absolute atomic E-state index is 0.243. The van der Waals surface area contributed by atoms with Crippen LogP contribution in [0.25, 0.3) is 0 Å². The Morgan fingerprint density at radius 3 is 1.90 bits per heavy atom. The van der Waals surface area contributed by atoms with Crippen LogP contribution in [0.3, 0.4) is 0 Å². The van der Waals surface area contributed by atoms with Gasteiger partial charge in [0.25, 0.3) is 0 Å². The van der Waals surface area contributed by atoms with Crippen molar-refractivity contribution in [3.05, 3.63) is 34.9 Å². The number of aliphatic hydroxyl groups excluding tert-OH is 3. The van der Waals surface area contributed by atoms with E-state index in [0.717, 1.165) is 5.56 Å². The van der Waals surface area contributed by atoms with Gasteiger partial charge in [-0.2, -0.15) is 0 Å². The van der Waals surface area contributed by atoms with Crippen molar-refractivity contribution in [2.75, 3.05) is 19.8 Å². The van der Waals surface area contributed by atoms with Crippen molar-refractivity contribution >= 4 is 17.4 Å². The van der Waals surface area contributed by atoms with E-state index in [1.54, 1.807) is 12.1 Å². The average molecular weight is 299 g/mol. The molecule has 0 heterocycles. The summed E-state index contributed by atoms with van der Waals surface area (Å²) in [7, 11) is 0. The van der Waals surface area contributed by atoms with Crippen LogP contribution in [-0.2, 0) is 11.2 Å². The number of Topliss-reactive ketones (excluding diaryl/α,β-unsaturated/α-hetero) is 1. The molecule has 110 valence electrons. The van der Waals surface area contributed by atoms with E-state index < -0.39 is 10.8 Å². The zero-order valence-corrected chi connectivity index (χ0v) is 11.9. The van der Waals surface area contributed by atoms with Crippen molar-refractivity contribution in [1.82, 2.24) is 0 Å². The Morgan fingerprint density at radius 2 is 1.45 bits per heavy atom. The third-order valence-corrected chi connectivity index (χ3v) is 4.66. The smallest absolute Gasteiger partial charge is 0.152 e. The van der Waals surface area contributed by atoms with Gasteiger partial charge in [-0.05, 0) is 37.0 Å². The Hall–Kier alpha value is -0.940. The van der Waals surface area contributed by atoms with Crippen LogP contribution in [0.1, 0.15) is 18.4 Å². The molecule has 1 unspecified atom stereocenters. The molecule has 0 spiro atoms. The summed E-state index contributed by atoms with van der Waals surface area (Å²) in [5.41, 5.74) is -1.13. The summed E-state index contributed by atoms with van der Waals surface area (Å²) in [5.74, 6) is -0.243. The molecule has 1 fully saturated rings. The van der Waals surface area contributed by atoms with Gasteiger partial charge >= 0.3 is 0 Å². The van der Waals surface area contributed by atoms with Crippen LogP contribution in [0.5, 0.6) is 0 Å². The highest BCUT2D eigenvalue weighted by atomic mass is 35.5. The first-order valence-electron chi connectivity index (χ1n) is 6.64. The van der Waals surface area contributed by atoms with Crippen molar-refractivity contribution < 1.29 is 20.1 Å². The monoisotopic (exact) mass is 298 g/mol. The first-order chi connectivity index (χ1) is 9.52. The maximum absolute atomic E-state index is 12.6. The van der Waals surface area contributed by atoms with Gasteiger partial charge in [0.2, 0.25) is 0 Å². The van der Waals surface area contributed by atoms with E-state index in [-0.39, 0.29) is 25.6 Å². The van der Waals surface area contributed by atoms with E-state index in [1.807, 2.05) is 12.1 Å². The zero-order valence-electron chi connectivity index (χ0n) is 11.2. The third-order valence-electron chi connectivity index (χ3n) is 4.41. The van der Waals surface area contributed by atoms with Crippen LogP contribution in [0.2, 0.25) is 5.02 Å². The van der Waals surface area contributed by atoms with E-state index >= 15 is 0 Å². The number of carbonyl (C=O) groups is 1. The highest BCUT2D eigenvalue weighted by Crippen LogP contribution is 2.47. The van der Waals surface area contributed by atoms with E-state index in [1.165, 1.54) is 0 Å².